The number of aliphatic imine (C=N–C) groups is 1. The molecule has 3 rings (SSSR count). The van der Waals surface area contributed by atoms with Gasteiger partial charge in [-0.05, 0) is 53.2 Å². The van der Waals surface area contributed by atoms with Crippen LogP contribution < -0.4 is 11.1 Å². The molecule has 0 aliphatic rings. The molecule has 2 heterocycles. The van der Waals surface area contributed by atoms with Gasteiger partial charge in [-0.25, -0.2) is 9.37 Å². The van der Waals surface area contributed by atoms with E-state index in [9.17, 15) is 9.18 Å². The molecule has 0 unspecified atom stereocenters. The number of guanidine groups is 1. The zero-order valence-corrected chi connectivity index (χ0v) is 18.7. The van der Waals surface area contributed by atoms with Crippen molar-refractivity contribution in [1.82, 2.24) is 14.9 Å². The zero-order valence-electron chi connectivity index (χ0n) is 17.1. The fraction of sp³-hybridized carbons (Fsp3) is 0.182. The Bertz CT molecular complexity index is 1070. The number of halogens is 2. The molecule has 0 aliphatic heterocycles. The first-order valence-corrected chi connectivity index (χ1v) is 10.3. The van der Waals surface area contributed by atoms with Crippen LogP contribution >= 0.6 is 15.9 Å². The van der Waals surface area contributed by atoms with Gasteiger partial charge in [0.25, 0.3) is 5.91 Å². The fourth-order valence-electron chi connectivity index (χ4n) is 2.99. The van der Waals surface area contributed by atoms with Gasteiger partial charge in [0, 0.05) is 29.5 Å². The lowest BCUT2D eigenvalue weighted by molar-refractivity contribution is 0.0668. The third-order valence-electron chi connectivity index (χ3n) is 4.71. The second kappa shape index (κ2) is 10.1. The summed E-state index contributed by atoms with van der Waals surface area (Å²) in [4.78, 5) is 27.4. The minimum atomic E-state index is -0.528. The van der Waals surface area contributed by atoms with Gasteiger partial charge in [-0.3, -0.25) is 14.8 Å². The van der Waals surface area contributed by atoms with Crippen LogP contribution in [0.25, 0.3) is 0 Å². The molecule has 1 atom stereocenters. The Morgan fingerprint density at radius 3 is 2.58 bits per heavy atom. The molecule has 0 bridgehead atoms. The number of nitrogens with one attached hydrogen (secondary N) is 1. The first kappa shape index (κ1) is 22.4. The Kier molecular flexibility index (Phi) is 7.30. The minimum absolute atomic E-state index is 0.205. The van der Waals surface area contributed by atoms with Gasteiger partial charge in [0.1, 0.15) is 11.6 Å². The Morgan fingerprint density at radius 2 is 1.97 bits per heavy atom. The van der Waals surface area contributed by atoms with Crippen molar-refractivity contribution in [3.8, 4) is 0 Å². The molecule has 0 spiro atoms. The molecule has 9 heteroatoms. The van der Waals surface area contributed by atoms with E-state index >= 15 is 0 Å². The molecular formula is C22H22BrFN6O. The van der Waals surface area contributed by atoms with Crippen LogP contribution in [0.1, 0.15) is 34.6 Å². The van der Waals surface area contributed by atoms with Gasteiger partial charge in [0.15, 0.2) is 5.96 Å². The van der Waals surface area contributed by atoms with Gasteiger partial charge in [-0.1, -0.05) is 18.2 Å². The van der Waals surface area contributed by atoms with Gasteiger partial charge in [-0.15, -0.1) is 0 Å². The summed E-state index contributed by atoms with van der Waals surface area (Å²) in [6.07, 6.45) is 3.11. The summed E-state index contributed by atoms with van der Waals surface area (Å²) < 4.78 is 15.3. The third kappa shape index (κ3) is 5.64. The third-order valence-corrected chi connectivity index (χ3v) is 5.18. The average Bonchev–Trinajstić information content (AvgIpc) is 2.78. The highest BCUT2D eigenvalue weighted by molar-refractivity contribution is 9.10. The maximum absolute atomic E-state index is 14.5. The van der Waals surface area contributed by atoms with Gasteiger partial charge in [0.05, 0.1) is 23.8 Å². The Morgan fingerprint density at radius 1 is 1.19 bits per heavy atom. The molecule has 0 fully saturated rings. The number of nitrogens with zero attached hydrogens (tertiary/aromatic N) is 4. The van der Waals surface area contributed by atoms with Crippen LogP contribution in [0.4, 0.5) is 10.2 Å². The summed E-state index contributed by atoms with van der Waals surface area (Å²) in [7, 11) is 1.55. The molecule has 7 nitrogen and oxygen atoms in total. The molecule has 0 aliphatic carbocycles. The summed E-state index contributed by atoms with van der Waals surface area (Å²) in [6.45, 7) is 1.99. The molecule has 0 radical (unpaired) electrons. The molecule has 0 saturated carbocycles. The van der Waals surface area contributed by atoms with E-state index in [1.54, 1.807) is 55.4 Å². The number of pyridine rings is 2. The number of benzene rings is 1. The Balaban J connectivity index is 1.92. The lowest BCUT2D eigenvalue weighted by Crippen LogP contribution is -2.34. The van der Waals surface area contributed by atoms with Crippen LogP contribution in [0, 0.1) is 5.82 Å². The number of carbonyl (C=O) groups excluding carboxylic acids is 1. The van der Waals surface area contributed by atoms with Crippen molar-refractivity contribution >= 4 is 33.6 Å². The van der Waals surface area contributed by atoms with Gasteiger partial charge >= 0.3 is 0 Å². The van der Waals surface area contributed by atoms with E-state index in [4.69, 9.17) is 5.73 Å². The largest absolute Gasteiger partial charge is 0.370 e. The predicted octanol–water partition coefficient (Wildman–Crippen LogP) is 4.14. The Hall–Kier alpha value is -3.33. The number of carbonyl (C=O) groups is 1. The van der Waals surface area contributed by atoms with Crippen molar-refractivity contribution in [2.75, 3.05) is 12.4 Å². The number of aromatic nitrogens is 2. The molecule has 31 heavy (non-hydrogen) atoms. The highest BCUT2D eigenvalue weighted by Crippen LogP contribution is 2.26. The molecule has 1 aromatic carbocycles. The zero-order chi connectivity index (χ0) is 22.4. The van der Waals surface area contributed by atoms with E-state index < -0.39 is 6.04 Å². The van der Waals surface area contributed by atoms with Crippen LogP contribution in [-0.2, 0) is 6.54 Å². The number of hydrogen-bond donors (Lipinski definition) is 2. The smallest absolute Gasteiger partial charge is 0.256 e. The van der Waals surface area contributed by atoms with Crippen molar-refractivity contribution in [3.05, 3.63) is 88.0 Å². The van der Waals surface area contributed by atoms with E-state index in [0.29, 0.717) is 22.6 Å². The van der Waals surface area contributed by atoms with E-state index in [-0.39, 0.29) is 24.2 Å². The summed E-state index contributed by atoms with van der Waals surface area (Å²) >= 11 is 3.36. The average molecular weight is 485 g/mol. The maximum atomic E-state index is 14.5. The van der Waals surface area contributed by atoms with E-state index in [0.717, 1.165) is 4.47 Å². The summed E-state index contributed by atoms with van der Waals surface area (Å²) in [6, 6.07) is 12.8. The first-order chi connectivity index (χ1) is 14.9. The number of anilines is 1. The quantitative estimate of drug-likeness (QED) is 0.404. The summed E-state index contributed by atoms with van der Waals surface area (Å²) in [5.41, 5.74) is 7.10. The van der Waals surface area contributed by atoms with E-state index in [1.165, 1.54) is 12.3 Å². The lowest BCUT2D eigenvalue weighted by Gasteiger charge is -2.30. The van der Waals surface area contributed by atoms with E-state index in [2.05, 4.69) is 36.2 Å². The predicted molar refractivity (Wildman–Crippen MR) is 122 cm³/mol. The van der Waals surface area contributed by atoms with Crippen molar-refractivity contribution in [2.24, 2.45) is 10.7 Å². The van der Waals surface area contributed by atoms with Crippen LogP contribution in [0.2, 0.25) is 0 Å². The highest BCUT2D eigenvalue weighted by atomic mass is 79.9. The topological polar surface area (TPSA) is 96.5 Å². The molecule has 2 aromatic heterocycles. The van der Waals surface area contributed by atoms with Crippen molar-refractivity contribution in [1.29, 1.82) is 0 Å². The first-order valence-electron chi connectivity index (χ1n) is 9.50. The molecule has 160 valence electrons. The van der Waals surface area contributed by atoms with Gasteiger partial charge < -0.3 is 16.0 Å². The summed E-state index contributed by atoms with van der Waals surface area (Å²) in [5.74, 6) is 0.00541. The highest BCUT2D eigenvalue weighted by Gasteiger charge is 2.25. The van der Waals surface area contributed by atoms with Crippen molar-refractivity contribution in [3.63, 3.8) is 0 Å². The molecule has 0 saturated heterocycles. The maximum Gasteiger partial charge on any atom is 0.256 e. The van der Waals surface area contributed by atoms with Crippen molar-refractivity contribution < 1.29 is 9.18 Å². The van der Waals surface area contributed by atoms with Crippen LogP contribution in [0.5, 0.6) is 0 Å². The van der Waals surface area contributed by atoms with Crippen LogP contribution in [-0.4, -0.2) is 33.8 Å². The van der Waals surface area contributed by atoms with Crippen molar-refractivity contribution in [2.45, 2.75) is 19.5 Å². The number of amides is 1. The monoisotopic (exact) mass is 484 g/mol. The van der Waals surface area contributed by atoms with Crippen LogP contribution in [0.15, 0.2) is 70.4 Å². The van der Waals surface area contributed by atoms with Gasteiger partial charge in [0.2, 0.25) is 0 Å². The van der Waals surface area contributed by atoms with E-state index in [1.807, 2.05) is 12.1 Å². The Labute approximate surface area is 188 Å². The number of rotatable bonds is 6. The number of hydrogen-bond acceptors (Lipinski definition) is 4. The molecule has 3 N–H and O–H groups in total. The normalized spacial score (nSPS) is 12.3. The SMILES string of the molecule is CN=C(N)Nc1ccc(C(=O)N(Cc2ccc(Br)cn2)[C@H](C)c2ccccc2F)cn1. The molecule has 1 amide bonds. The minimum Gasteiger partial charge on any atom is -0.370 e. The lowest BCUT2D eigenvalue weighted by atomic mass is 10.0. The van der Waals surface area contributed by atoms with Gasteiger partial charge in [-0.2, -0.15) is 0 Å². The second-order valence-electron chi connectivity index (χ2n) is 6.76. The van der Waals surface area contributed by atoms with Crippen LogP contribution in [0.3, 0.4) is 0 Å². The standard InChI is InChI=1S/C22H22BrFN6O/c1-14(18-5-3-4-6-19(18)24)30(13-17-9-8-16(23)12-27-17)21(31)15-7-10-20(28-11-15)29-22(25)26-2/h3-12,14H,13H2,1-2H3,(H3,25,26,28,29)/t14-/m1/s1. The molecule has 3 aromatic rings. The molecular weight excluding hydrogens is 463 g/mol. The second-order valence-corrected chi connectivity index (χ2v) is 7.68. The fourth-order valence-corrected chi connectivity index (χ4v) is 3.22. The number of nitrogens with two attached hydrogens (primary N) is 1. The summed E-state index contributed by atoms with van der Waals surface area (Å²) in [5, 5.41) is 2.82.